The van der Waals surface area contributed by atoms with Gasteiger partial charge in [0.1, 0.15) is 0 Å². The molecule has 12 aromatic rings. The van der Waals surface area contributed by atoms with Gasteiger partial charge in [-0.05, 0) is 156 Å². The predicted molar refractivity (Wildman–Crippen MR) is 323 cm³/mol. The number of para-hydroxylation sites is 1. The van der Waals surface area contributed by atoms with Gasteiger partial charge < -0.3 is 14.7 Å². The maximum atomic E-state index is 2.59. The summed E-state index contributed by atoms with van der Waals surface area (Å²) in [7, 11) is 0. The van der Waals surface area contributed by atoms with Crippen LogP contribution in [0.1, 0.15) is 44.5 Å². The molecule has 0 atom stereocenters. The van der Waals surface area contributed by atoms with Gasteiger partial charge in [-0.15, -0.1) is 0 Å². The Bertz CT molecular complexity index is 4070. The van der Waals surface area contributed by atoms with Gasteiger partial charge in [-0.1, -0.05) is 218 Å². The summed E-state index contributed by atoms with van der Waals surface area (Å²) < 4.78 is 0. The van der Waals surface area contributed by atoms with E-state index in [0.717, 1.165) is 17.1 Å². The number of nitrogens with zero attached hydrogens (tertiary/aromatic N) is 3. The van der Waals surface area contributed by atoms with Gasteiger partial charge in [-0.25, -0.2) is 0 Å². The van der Waals surface area contributed by atoms with Crippen molar-refractivity contribution >= 4 is 74.3 Å². The smallest absolute Gasteiger partial charge is 0.257 e. The average Bonchev–Trinajstić information content (AvgIpc) is 4.10. The Hall–Kier alpha value is -9.90. The molecule has 2 aliphatic carbocycles. The molecule has 12 aromatic carbocycles. The zero-order valence-corrected chi connectivity index (χ0v) is 42.6. The first-order valence-corrected chi connectivity index (χ1v) is 27.3. The standard InChI is InChI=1S/C74H48BN3/c1-6-23-49(24-7-1)73(50-25-8-2-9-26-50)60-35-18-16-33-56(60)58-45-43-54(47-62(58)73)77-66-39-20-37-64-70(66)75-71-65(76(64)53-31-14-5-15-32-53)38-21-40-67(71)78(69-42-22-41-68(77)72(69)75)55-44-46-59-57-34-17-19-36-61(57)74(63(59)48-55,51-27-10-3-11-28-51)52-29-12-4-13-30-52/h1-48H. The van der Waals surface area contributed by atoms with E-state index in [1.807, 2.05) is 0 Å². The lowest BCUT2D eigenvalue weighted by Crippen LogP contribution is -2.64. The molecule has 0 saturated carbocycles. The van der Waals surface area contributed by atoms with Crippen LogP contribution >= 0.6 is 0 Å². The maximum absolute atomic E-state index is 2.59. The Balaban J connectivity index is 0.943. The van der Waals surface area contributed by atoms with E-state index < -0.39 is 10.8 Å². The van der Waals surface area contributed by atoms with Crippen LogP contribution in [0, 0.1) is 0 Å². The van der Waals surface area contributed by atoms with Crippen molar-refractivity contribution in [1.82, 2.24) is 0 Å². The molecule has 78 heavy (non-hydrogen) atoms. The quantitative estimate of drug-likeness (QED) is 0.147. The van der Waals surface area contributed by atoms with Gasteiger partial charge in [0, 0.05) is 51.2 Å². The first kappa shape index (κ1) is 43.4. The molecule has 362 valence electrons. The minimum absolute atomic E-state index is 0.0288. The molecule has 3 nitrogen and oxygen atoms in total. The highest BCUT2D eigenvalue weighted by Crippen LogP contribution is 2.60. The van der Waals surface area contributed by atoms with E-state index in [4.69, 9.17) is 0 Å². The molecular formula is C74H48BN3. The second kappa shape index (κ2) is 16.3. The number of hydrogen-bond acceptors (Lipinski definition) is 3. The highest BCUT2D eigenvalue weighted by atomic mass is 15.2. The molecule has 0 bridgehead atoms. The Kier molecular flexibility index (Phi) is 9.06. The Morgan fingerprint density at radius 2 is 0.500 bits per heavy atom. The molecule has 0 saturated heterocycles. The Labute approximate surface area is 455 Å². The fourth-order valence-electron chi connectivity index (χ4n) is 15.1. The number of rotatable bonds is 7. The summed E-state index contributed by atoms with van der Waals surface area (Å²) >= 11 is 0. The van der Waals surface area contributed by atoms with Gasteiger partial charge in [0.25, 0.3) is 6.71 Å². The van der Waals surface area contributed by atoms with Gasteiger partial charge in [0.05, 0.1) is 10.8 Å². The number of hydrogen-bond donors (Lipinski definition) is 0. The molecule has 0 amide bonds. The molecule has 0 N–H and O–H groups in total. The van der Waals surface area contributed by atoms with Gasteiger partial charge in [0.2, 0.25) is 0 Å². The van der Waals surface area contributed by atoms with Crippen molar-refractivity contribution in [2.45, 2.75) is 10.8 Å². The van der Waals surface area contributed by atoms with E-state index in [1.54, 1.807) is 0 Å². The molecule has 0 radical (unpaired) electrons. The lowest BCUT2D eigenvalue weighted by molar-refractivity contribution is 0.768. The van der Waals surface area contributed by atoms with Crippen LogP contribution in [0.5, 0.6) is 0 Å². The number of fused-ring (bicyclic) bond motifs is 6. The van der Waals surface area contributed by atoms with Crippen molar-refractivity contribution < 1.29 is 0 Å². The van der Waals surface area contributed by atoms with Crippen LogP contribution in [-0.2, 0) is 10.8 Å². The SMILES string of the molecule is c1ccc(N2c3cccc4c3B3c5c2cccc5N(c2ccc5c(c2)C(c2ccccc2)(c2ccccc2)c2ccccc2-5)c2cccc(c23)N4c2ccc3c(c2)C(c2ccccc2)(c2ccccc2)c2ccccc2-3)cc1. The third kappa shape index (κ3) is 5.58. The molecule has 4 heteroatoms. The van der Waals surface area contributed by atoms with Crippen molar-refractivity contribution in [3.63, 3.8) is 0 Å². The minimum Gasteiger partial charge on any atom is -0.311 e. The summed E-state index contributed by atoms with van der Waals surface area (Å²) in [5.41, 5.74) is 28.7. The Morgan fingerprint density at radius 3 is 0.846 bits per heavy atom. The molecule has 0 unspecified atom stereocenters. The van der Waals surface area contributed by atoms with Crippen LogP contribution in [0.25, 0.3) is 22.3 Å². The first-order chi connectivity index (χ1) is 38.7. The van der Waals surface area contributed by atoms with E-state index >= 15 is 0 Å². The second-order valence-electron chi connectivity index (χ2n) is 21.4. The zero-order chi connectivity index (χ0) is 51.1. The van der Waals surface area contributed by atoms with Crippen molar-refractivity contribution in [1.29, 1.82) is 0 Å². The van der Waals surface area contributed by atoms with Crippen LogP contribution in [0.4, 0.5) is 51.2 Å². The van der Waals surface area contributed by atoms with Crippen LogP contribution in [0.3, 0.4) is 0 Å². The largest absolute Gasteiger partial charge is 0.311 e. The molecule has 17 rings (SSSR count). The lowest BCUT2D eigenvalue weighted by Gasteiger charge is -2.49. The number of benzene rings is 12. The third-order valence-electron chi connectivity index (χ3n) is 17.9. The van der Waals surface area contributed by atoms with E-state index in [-0.39, 0.29) is 6.71 Å². The molecule has 3 heterocycles. The fraction of sp³-hybridized carbons (Fsp3) is 0.0270. The van der Waals surface area contributed by atoms with Crippen LogP contribution in [0.15, 0.2) is 291 Å². The van der Waals surface area contributed by atoms with Crippen molar-refractivity contribution in [3.8, 4) is 22.3 Å². The van der Waals surface area contributed by atoms with Gasteiger partial charge in [-0.2, -0.15) is 0 Å². The van der Waals surface area contributed by atoms with Gasteiger partial charge >= 0.3 is 0 Å². The lowest BCUT2D eigenvalue weighted by atomic mass is 9.32. The summed E-state index contributed by atoms with van der Waals surface area (Å²) in [6.07, 6.45) is 0. The first-order valence-electron chi connectivity index (χ1n) is 27.3. The molecule has 0 aromatic heterocycles. The van der Waals surface area contributed by atoms with Gasteiger partial charge in [-0.3, -0.25) is 0 Å². The molecular weight excluding hydrogens is 942 g/mol. The van der Waals surface area contributed by atoms with E-state index in [0.29, 0.717) is 0 Å². The minimum atomic E-state index is -0.550. The van der Waals surface area contributed by atoms with Crippen molar-refractivity contribution in [3.05, 3.63) is 336 Å². The normalized spacial score (nSPS) is 14.8. The van der Waals surface area contributed by atoms with Crippen molar-refractivity contribution in [2.75, 3.05) is 14.7 Å². The monoisotopic (exact) mass is 989 g/mol. The zero-order valence-electron chi connectivity index (χ0n) is 42.6. The topological polar surface area (TPSA) is 9.72 Å². The van der Waals surface area contributed by atoms with E-state index in [2.05, 4.69) is 306 Å². The molecule has 5 aliphatic rings. The third-order valence-corrected chi connectivity index (χ3v) is 17.9. The summed E-state index contributed by atoms with van der Waals surface area (Å²) in [4.78, 5) is 7.70. The van der Waals surface area contributed by atoms with E-state index in [9.17, 15) is 0 Å². The highest BCUT2D eigenvalue weighted by molar-refractivity contribution is 7.02. The Morgan fingerprint density at radius 1 is 0.218 bits per heavy atom. The van der Waals surface area contributed by atoms with Crippen molar-refractivity contribution in [2.24, 2.45) is 0 Å². The van der Waals surface area contributed by atoms with Crippen LogP contribution < -0.4 is 31.1 Å². The number of anilines is 9. The summed E-state index contributed by atoms with van der Waals surface area (Å²) in [5, 5.41) is 0. The van der Waals surface area contributed by atoms with Crippen LogP contribution in [0.2, 0.25) is 0 Å². The predicted octanol–water partition coefficient (Wildman–Crippen LogP) is 16.3. The van der Waals surface area contributed by atoms with Crippen LogP contribution in [-0.4, -0.2) is 6.71 Å². The second-order valence-corrected chi connectivity index (χ2v) is 21.4. The maximum Gasteiger partial charge on any atom is 0.257 e. The molecule has 3 aliphatic heterocycles. The van der Waals surface area contributed by atoms with Gasteiger partial charge in [0.15, 0.2) is 0 Å². The highest BCUT2D eigenvalue weighted by Gasteiger charge is 2.52. The summed E-state index contributed by atoms with van der Waals surface area (Å²) in [6, 6.07) is 109. The molecule has 0 fully saturated rings. The summed E-state index contributed by atoms with van der Waals surface area (Å²) in [5.74, 6) is 0. The molecule has 0 spiro atoms. The van der Waals surface area contributed by atoms with E-state index in [1.165, 1.54) is 117 Å². The summed E-state index contributed by atoms with van der Waals surface area (Å²) in [6.45, 7) is -0.0288. The fourth-order valence-corrected chi connectivity index (χ4v) is 15.1. The average molecular weight is 990 g/mol.